The first kappa shape index (κ1) is 39.2. The predicted molar refractivity (Wildman–Crippen MR) is 175 cm³/mol. The number of likely N-dealkylation sites (N-methyl/N-ethyl adjacent to an activating group) is 2. The van der Waals surface area contributed by atoms with Gasteiger partial charge in [0.05, 0.1) is 37.9 Å². The van der Waals surface area contributed by atoms with E-state index < -0.39 is 48.2 Å². The molecule has 1 aliphatic rings. The van der Waals surface area contributed by atoms with Crippen LogP contribution < -0.4 is 22.4 Å². The van der Waals surface area contributed by atoms with Crippen LogP contribution in [0.15, 0.2) is 14.4 Å². The molecule has 1 fully saturated rings. The molecule has 0 bridgehead atoms. The smallest absolute Gasteiger partial charge is 0.336 e. The Morgan fingerprint density at radius 3 is 1.73 bits per heavy atom. The van der Waals surface area contributed by atoms with Gasteiger partial charge >= 0.3 is 17.1 Å². The molecule has 1 aromatic rings. The van der Waals surface area contributed by atoms with E-state index in [0.29, 0.717) is 26.1 Å². The summed E-state index contributed by atoms with van der Waals surface area (Å²) in [7, 11) is 9.76. The van der Waals surface area contributed by atoms with Crippen molar-refractivity contribution in [3.05, 3.63) is 31.5 Å². The maximum atomic E-state index is 13.6. The van der Waals surface area contributed by atoms with Crippen LogP contribution in [0, 0.1) is 0 Å². The van der Waals surface area contributed by atoms with Crippen LogP contribution in [0.4, 0.5) is 0 Å². The Morgan fingerprint density at radius 1 is 0.733 bits per heavy atom. The van der Waals surface area contributed by atoms with Crippen molar-refractivity contribution in [3.63, 3.8) is 0 Å². The van der Waals surface area contributed by atoms with Crippen LogP contribution in [0.25, 0.3) is 0 Å². The highest BCUT2D eigenvalue weighted by molar-refractivity contribution is 4.86. The van der Waals surface area contributed by atoms with E-state index in [2.05, 4.69) is 15.1 Å². The molecule has 1 heterocycles. The quantitative estimate of drug-likeness (QED) is 0.0877. The summed E-state index contributed by atoms with van der Waals surface area (Å²) in [4.78, 5) is 48.6. The van der Waals surface area contributed by atoms with Gasteiger partial charge in [0.15, 0.2) is 0 Å². The van der Waals surface area contributed by atoms with Gasteiger partial charge in [-0.05, 0) is 93.6 Å². The highest BCUT2D eigenvalue weighted by Crippen LogP contribution is 2.24. The standard InChI is InChI=1S/C30H60N8O7/c1-7-31-27(42)22-38-29(44)36(20-23(39)18-34(6)16-10-14-32(2)3)28(43)37(30(38)45)21-24(40)19-35(17-11-15-33(4)5)25-12-8-9-13-26(25)41/h23-27,31,39-42H,7-22H2,1-6H3. The van der Waals surface area contributed by atoms with Crippen molar-refractivity contribution in [1.82, 2.24) is 38.6 Å². The molecule has 5 unspecified atom stereocenters. The van der Waals surface area contributed by atoms with Gasteiger partial charge in [-0.25, -0.2) is 28.1 Å². The van der Waals surface area contributed by atoms with E-state index in [-0.39, 0.29) is 32.2 Å². The summed E-state index contributed by atoms with van der Waals surface area (Å²) >= 11 is 0. The normalized spacial score (nSPS) is 19.6. The van der Waals surface area contributed by atoms with Crippen LogP contribution in [-0.4, -0.2) is 165 Å². The van der Waals surface area contributed by atoms with Gasteiger partial charge in [0.1, 0.15) is 6.23 Å². The summed E-state index contributed by atoms with van der Waals surface area (Å²) in [6.07, 6.45) is 1.08. The first-order valence-electron chi connectivity index (χ1n) is 16.4. The highest BCUT2D eigenvalue weighted by atomic mass is 16.3. The monoisotopic (exact) mass is 644 g/mol. The van der Waals surface area contributed by atoms with Gasteiger partial charge in [-0.3, -0.25) is 10.2 Å². The summed E-state index contributed by atoms with van der Waals surface area (Å²) in [5.41, 5.74) is -2.80. The Hall–Kier alpha value is -1.95. The fourth-order valence-electron chi connectivity index (χ4n) is 6.04. The molecule has 0 saturated heterocycles. The average molecular weight is 645 g/mol. The van der Waals surface area contributed by atoms with Crippen LogP contribution in [-0.2, 0) is 19.6 Å². The van der Waals surface area contributed by atoms with E-state index in [0.717, 1.165) is 58.9 Å². The van der Waals surface area contributed by atoms with Gasteiger partial charge in [0.2, 0.25) is 0 Å². The number of aliphatic hydroxyl groups excluding tert-OH is 4. The van der Waals surface area contributed by atoms with Crippen molar-refractivity contribution in [3.8, 4) is 0 Å². The van der Waals surface area contributed by atoms with Crippen LogP contribution in [0.3, 0.4) is 0 Å². The van der Waals surface area contributed by atoms with Gasteiger partial charge in [-0.2, -0.15) is 0 Å². The lowest BCUT2D eigenvalue weighted by Gasteiger charge is -2.39. The molecule has 1 saturated carbocycles. The minimum absolute atomic E-state index is 0.126. The van der Waals surface area contributed by atoms with Crippen molar-refractivity contribution >= 4 is 0 Å². The highest BCUT2D eigenvalue weighted by Gasteiger charge is 2.30. The number of aliphatic hydroxyl groups is 4. The Balaban J connectivity index is 2.35. The number of nitrogens with zero attached hydrogens (tertiary/aromatic N) is 7. The molecular formula is C30H60N8O7. The van der Waals surface area contributed by atoms with E-state index in [1.54, 1.807) is 6.92 Å². The number of hydrogen-bond acceptors (Lipinski definition) is 12. The molecule has 1 aliphatic carbocycles. The summed E-state index contributed by atoms with van der Waals surface area (Å²) < 4.78 is 2.40. The maximum Gasteiger partial charge on any atom is 0.336 e. The van der Waals surface area contributed by atoms with Gasteiger partial charge in [0.25, 0.3) is 0 Å². The lowest BCUT2D eigenvalue weighted by Crippen LogP contribution is -2.58. The Kier molecular flexibility index (Phi) is 17.1. The van der Waals surface area contributed by atoms with E-state index in [9.17, 15) is 34.8 Å². The van der Waals surface area contributed by atoms with Crippen molar-refractivity contribution in [2.75, 3.05) is 81.1 Å². The third kappa shape index (κ3) is 13.0. The van der Waals surface area contributed by atoms with Crippen LogP contribution in [0.5, 0.6) is 0 Å². The third-order valence-corrected chi connectivity index (χ3v) is 8.29. The lowest BCUT2D eigenvalue weighted by molar-refractivity contribution is -0.00657. The molecule has 262 valence electrons. The first-order valence-corrected chi connectivity index (χ1v) is 16.4. The van der Waals surface area contributed by atoms with Crippen molar-refractivity contribution in [2.24, 2.45) is 0 Å². The zero-order valence-corrected chi connectivity index (χ0v) is 28.3. The zero-order chi connectivity index (χ0) is 33.7. The SMILES string of the molecule is CCNC(O)Cn1c(=O)n(CC(O)CN(C)CCCN(C)C)c(=O)n(CC(O)CN(CCCN(C)C)C2CCCCC2O)c1=O. The Morgan fingerprint density at radius 2 is 1.22 bits per heavy atom. The maximum absolute atomic E-state index is 13.6. The van der Waals surface area contributed by atoms with Gasteiger partial charge in [0, 0.05) is 19.1 Å². The van der Waals surface area contributed by atoms with Crippen LogP contribution >= 0.6 is 0 Å². The van der Waals surface area contributed by atoms with E-state index >= 15 is 0 Å². The molecule has 5 N–H and O–H groups in total. The number of aromatic nitrogens is 3. The van der Waals surface area contributed by atoms with Crippen LogP contribution in [0.2, 0.25) is 0 Å². The second kappa shape index (κ2) is 19.7. The second-order valence-corrected chi connectivity index (χ2v) is 13.1. The zero-order valence-electron chi connectivity index (χ0n) is 28.3. The molecule has 1 aromatic heterocycles. The minimum Gasteiger partial charge on any atom is -0.391 e. The molecule has 0 aliphatic heterocycles. The summed E-state index contributed by atoms with van der Waals surface area (Å²) in [6, 6.07) is -0.141. The van der Waals surface area contributed by atoms with Crippen molar-refractivity contribution in [1.29, 1.82) is 0 Å². The summed E-state index contributed by atoms with van der Waals surface area (Å²) in [5.74, 6) is 0. The van der Waals surface area contributed by atoms with Crippen molar-refractivity contribution < 1.29 is 20.4 Å². The third-order valence-electron chi connectivity index (χ3n) is 8.29. The summed E-state index contributed by atoms with van der Waals surface area (Å²) in [6.45, 7) is 4.36. The molecule has 15 nitrogen and oxygen atoms in total. The molecule has 0 aromatic carbocycles. The molecule has 0 spiro atoms. The molecule has 0 radical (unpaired) electrons. The molecule has 5 atom stereocenters. The molecule has 15 heteroatoms. The fourth-order valence-corrected chi connectivity index (χ4v) is 6.04. The van der Waals surface area contributed by atoms with Gasteiger partial charge < -0.3 is 35.1 Å². The second-order valence-electron chi connectivity index (χ2n) is 13.1. The van der Waals surface area contributed by atoms with Gasteiger partial charge in [-0.1, -0.05) is 19.8 Å². The predicted octanol–water partition coefficient (Wildman–Crippen LogP) is -2.74. The largest absolute Gasteiger partial charge is 0.391 e. The molecule has 0 amide bonds. The van der Waals surface area contributed by atoms with Gasteiger partial charge in [-0.15, -0.1) is 0 Å². The Labute approximate surface area is 267 Å². The number of rotatable bonds is 21. The topological polar surface area (TPSA) is 172 Å². The van der Waals surface area contributed by atoms with E-state index in [1.165, 1.54) is 0 Å². The lowest BCUT2D eigenvalue weighted by atomic mass is 9.91. The van der Waals surface area contributed by atoms with Crippen LogP contribution in [0.1, 0.15) is 45.4 Å². The van der Waals surface area contributed by atoms with Crippen molar-refractivity contribution in [2.45, 2.75) is 95.7 Å². The summed E-state index contributed by atoms with van der Waals surface area (Å²) in [5, 5.41) is 45.9. The number of nitrogens with one attached hydrogen (secondary N) is 1. The minimum atomic E-state index is -1.22. The number of hydrogen-bond donors (Lipinski definition) is 5. The first-order chi connectivity index (χ1) is 21.2. The van der Waals surface area contributed by atoms with E-state index in [4.69, 9.17) is 0 Å². The Bertz CT molecular complexity index is 1170. The molecule has 45 heavy (non-hydrogen) atoms. The average Bonchev–Trinajstić information content (AvgIpc) is 2.95. The molecular weight excluding hydrogens is 584 g/mol. The fraction of sp³-hybridized carbons (Fsp3) is 0.900. The van der Waals surface area contributed by atoms with E-state index in [1.807, 2.05) is 45.0 Å². The molecule has 2 rings (SSSR count).